The molecule has 0 atom stereocenters. The van der Waals surface area contributed by atoms with Gasteiger partial charge in [-0.05, 0) is 63.1 Å². The maximum Gasteiger partial charge on any atom is 0.417 e. The molecule has 40 heavy (non-hydrogen) atoms. The second-order valence-corrected chi connectivity index (χ2v) is 10.7. The number of halogens is 3. The van der Waals surface area contributed by atoms with Gasteiger partial charge in [-0.3, -0.25) is 19.3 Å². The number of hydrogen-bond acceptors (Lipinski definition) is 6. The topological polar surface area (TPSA) is 84.7 Å². The number of carbonyl (C=O) groups excluding carboxylic acids is 3. The van der Waals surface area contributed by atoms with E-state index in [1.54, 1.807) is 0 Å². The van der Waals surface area contributed by atoms with Gasteiger partial charge in [-0.2, -0.15) is 18.4 Å². The van der Waals surface area contributed by atoms with E-state index in [2.05, 4.69) is 4.90 Å². The summed E-state index contributed by atoms with van der Waals surface area (Å²) < 4.78 is 40.2. The molecule has 4 rings (SSSR count). The van der Waals surface area contributed by atoms with Gasteiger partial charge in [0.05, 0.1) is 28.6 Å². The van der Waals surface area contributed by atoms with Crippen LogP contribution in [0.2, 0.25) is 0 Å². The highest BCUT2D eigenvalue weighted by atomic mass is 32.2. The Morgan fingerprint density at radius 1 is 1.00 bits per heavy atom. The van der Waals surface area contributed by atoms with Crippen molar-refractivity contribution < 1.29 is 27.6 Å². The molecule has 0 radical (unpaired) electrons. The third kappa shape index (κ3) is 6.74. The van der Waals surface area contributed by atoms with Crippen LogP contribution in [0.4, 0.5) is 18.9 Å². The van der Waals surface area contributed by atoms with Gasteiger partial charge in [0.15, 0.2) is 0 Å². The molecule has 0 N–H and O–H groups in total. The van der Waals surface area contributed by atoms with Gasteiger partial charge >= 0.3 is 6.18 Å². The number of piperazine rings is 1. The number of amides is 3. The fourth-order valence-corrected chi connectivity index (χ4v) is 5.65. The lowest BCUT2D eigenvalue weighted by Gasteiger charge is -2.34. The number of hydrogen-bond donors (Lipinski definition) is 0. The number of benzene rings is 2. The molecule has 0 bridgehead atoms. The van der Waals surface area contributed by atoms with Crippen molar-refractivity contribution in [3.8, 4) is 6.07 Å². The number of rotatable bonds is 9. The Kier molecular flexibility index (Phi) is 9.32. The molecule has 2 aliphatic heterocycles. The minimum Gasteiger partial charge on any atom is -0.339 e. The van der Waals surface area contributed by atoms with E-state index >= 15 is 0 Å². The summed E-state index contributed by atoms with van der Waals surface area (Å²) in [4.78, 5) is 44.3. The molecule has 0 saturated carbocycles. The Bertz CT molecular complexity index is 1350. The van der Waals surface area contributed by atoms with Gasteiger partial charge in [-0.1, -0.05) is 18.2 Å². The van der Waals surface area contributed by atoms with Crippen molar-refractivity contribution in [3.63, 3.8) is 0 Å². The summed E-state index contributed by atoms with van der Waals surface area (Å²) in [6, 6.07) is 14.1. The molecular formula is C29H29F3N4O3S. The molecule has 2 heterocycles. The molecule has 1 saturated heterocycles. The first-order valence-corrected chi connectivity index (χ1v) is 14.0. The summed E-state index contributed by atoms with van der Waals surface area (Å²) >= 11 is 1.53. The van der Waals surface area contributed by atoms with Crippen LogP contribution in [0.3, 0.4) is 0 Å². The van der Waals surface area contributed by atoms with Gasteiger partial charge in [-0.15, -0.1) is 11.8 Å². The van der Waals surface area contributed by atoms with Gasteiger partial charge < -0.3 is 4.90 Å². The van der Waals surface area contributed by atoms with Crippen molar-refractivity contribution in [2.24, 2.45) is 0 Å². The lowest BCUT2D eigenvalue weighted by molar-refractivity contribution is -0.138. The Morgan fingerprint density at radius 2 is 1.70 bits per heavy atom. The molecule has 2 aromatic rings. The normalized spacial score (nSPS) is 16.6. The number of carbonyl (C=O) groups is 3. The van der Waals surface area contributed by atoms with Crippen molar-refractivity contribution in [2.75, 3.05) is 43.4 Å². The quantitative estimate of drug-likeness (QED) is 0.243. The van der Waals surface area contributed by atoms with E-state index in [4.69, 9.17) is 5.26 Å². The van der Waals surface area contributed by atoms with Gasteiger partial charge in [0, 0.05) is 42.2 Å². The first-order valence-electron chi connectivity index (χ1n) is 13.0. The maximum atomic E-state index is 13.4. The minimum atomic E-state index is -4.79. The van der Waals surface area contributed by atoms with E-state index in [0.717, 1.165) is 41.9 Å². The number of imide groups is 1. The standard InChI is InChI=1S/C29H29F3N4O3S/c1-20-24(28(39)36(27(20)38)22-11-10-21(18-33)25(17-22)29(30,31)32)9-5-6-12-34-13-15-35(16-14-34)26(37)19-40-23-7-3-2-4-8-23/h2-4,7-8,10-11,17H,5-6,9,12-16,19H2,1H3. The number of thioether (sulfide) groups is 1. The molecule has 0 unspecified atom stereocenters. The summed E-state index contributed by atoms with van der Waals surface area (Å²) in [6.45, 7) is 5.12. The smallest absolute Gasteiger partial charge is 0.339 e. The second kappa shape index (κ2) is 12.7. The zero-order valence-electron chi connectivity index (χ0n) is 22.0. The molecular weight excluding hydrogens is 541 g/mol. The molecule has 0 spiro atoms. The van der Waals surface area contributed by atoms with Gasteiger partial charge in [0.2, 0.25) is 5.91 Å². The van der Waals surface area contributed by atoms with Crippen LogP contribution in [0.5, 0.6) is 0 Å². The SMILES string of the molecule is CC1=C(CCCCN2CCN(C(=O)CSc3ccccc3)CC2)C(=O)N(c2ccc(C#N)c(C(F)(F)F)c2)C1=O. The van der Waals surface area contributed by atoms with E-state index in [0.29, 0.717) is 43.3 Å². The maximum absolute atomic E-state index is 13.4. The average Bonchev–Trinajstić information content (AvgIpc) is 3.16. The molecule has 1 fully saturated rings. The van der Waals surface area contributed by atoms with Crippen molar-refractivity contribution in [2.45, 2.75) is 37.3 Å². The van der Waals surface area contributed by atoms with Crippen LogP contribution in [-0.4, -0.2) is 66.0 Å². The van der Waals surface area contributed by atoms with Gasteiger partial charge in [0.1, 0.15) is 0 Å². The van der Waals surface area contributed by atoms with E-state index < -0.39 is 29.1 Å². The number of nitrogens with zero attached hydrogens (tertiary/aromatic N) is 4. The Labute approximate surface area is 235 Å². The highest BCUT2D eigenvalue weighted by Gasteiger charge is 2.39. The van der Waals surface area contributed by atoms with Crippen LogP contribution in [0.25, 0.3) is 0 Å². The first-order chi connectivity index (χ1) is 19.1. The largest absolute Gasteiger partial charge is 0.417 e. The first kappa shape index (κ1) is 29.4. The summed E-state index contributed by atoms with van der Waals surface area (Å²) in [5.41, 5.74) is -1.43. The molecule has 2 aliphatic rings. The highest BCUT2D eigenvalue weighted by molar-refractivity contribution is 8.00. The predicted molar refractivity (Wildman–Crippen MR) is 145 cm³/mol. The second-order valence-electron chi connectivity index (χ2n) is 9.67. The third-order valence-electron chi connectivity index (χ3n) is 7.11. The fraction of sp³-hybridized carbons (Fsp3) is 0.379. The highest BCUT2D eigenvalue weighted by Crippen LogP contribution is 2.37. The van der Waals surface area contributed by atoms with Crippen LogP contribution in [0.15, 0.2) is 64.6 Å². The van der Waals surface area contributed by atoms with Crippen LogP contribution < -0.4 is 4.90 Å². The van der Waals surface area contributed by atoms with Crippen molar-refractivity contribution in [1.29, 1.82) is 5.26 Å². The summed E-state index contributed by atoms with van der Waals surface area (Å²) in [5, 5.41) is 9.01. The number of anilines is 1. The van der Waals surface area contributed by atoms with Crippen molar-refractivity contribution >= 4 is 35.2 Å². The van der Waals surface area contributed by atoms with E-state index in [1.807, 2.05) is 35.2 Å². The fourth-order valence-electron chi connectivity index (χ4n) is 4.83. The zero-order valence-corrected chi connectivity index (χ0v) is 22.9. The molecule has 0 aromatic heterocycles. The monoisotopic (exact) mass is 570 g/mol. The summed E-state index contributed by atoms with van der Waals surface area (Å²) in [6.07, 6.45) is -3.05. The Morgan fingerprint density at radius 3 is 2.35 bits per heavy atom. The lowest BCUT2D eigenvalue weighted by Crippen LogP contribution is -2.49. The summed E-state index contributed by atoms with van der Waals surface area (Å²) in [5.74, 6) is -0.748. The van der Waals surface area contributed by atoms with Crippen LogP contribution in [0.1, 0.15) is 37.3 Å². The lowest BCUT2D eigenvalue weighted by atomic mass is 10.0. The number of unbranched alkanes of at least 4 members (excludes halogenated alkanes) is 1. The molecule has 210 valence electrons. The van der Waals surface area contributed by atoms with E-state index in [-0.39, 0.29) is 17.2 Å². The van der Waals surface area contributed by atoms with E-state index in [9.17, 15) is 27.6 Å². The van der Waals surface area contributed by atoms with Crippen LogP contribution in [0, 0.1) is 11.3 Å². The Hall–Kier alpha value is -3.62. The van der Waals surface area contributed by atoms with Crippen molar-refractivity contribution in [1.82, 2.24) is 9.80 Å². The molecule has 11 heteroatoms. The van der Waals surface area contributed by atoms with Gasteiger partial charge in [-0.25, -0.2) is 4.90 Å². The van der Waals surface area contributed by atoms with E-state index in [1.165, 1.54) is 30.8 Å². The predicted octanol–water partition coefficient (Wildman–Crippen LogP) is 4.87. The molecule has 7 nitrogen and oxygen atoms in total. The number of nitriles is 1. The minimum absolute atomic E-state index is 0.120. The summed E-state index contributed by atoms with van der Waals surface area (Å²) in [7, 11) is 0. The van der Waals surface area contributed by atoms with Gasteiger partial charge in [0.25, 0.3) is 11.8 Å². The Balaban J connectivity index is 1.24. The average molecular weight is 571 g/mol. The van der Waals surface area contributed by atoms with Crippen LogP contribution >= 0.6 is 11.8 Å². The third-order valence-corrected chi connectivity index (χ3v) is 8.10. The van der Waals surface area contributed by atoms with Crippen molar-refractivity contribution in [3.05, 3.63) is 70.8 Å². The molecule has 3 amide bonds. The zero-order chi connectivity index (χ0) is 28.9. The molecule has 2 aromatic carbocycles. The number of alkyl halides is 3. The molecule has 0 aliphatic carbocycles. The van der Waals surface area contributed by atoms with Crippen LogP contribution in [-0.2, 0) is 20.6 Å².